The molecule has 0 unspecified atom stereocenters. The molecular weight excluding hydrogens is 336 g/mol. The Morgan fingerprint density at radius 1 is 1.00 bits per heavy atom. The molecule has 130 valence electrons. The molecule has 0 saturated heterocycles. The van der Waals surface area contributed by atoms with Crippen LogP contribution in [0.1, 0.15) is 29.5 Å². The summed E-state index contributed by atoms with van der Waals surface area (Å²) in [6.07, 6.45) is 2.68. The lowest BCUT2D eigenvalue weighted by molar-refractivity contribution is -0.116. The van der Waals surface area contributed by atoms with Crippen LogP contribution in [0.2, 0.25) is 0 Å². The van der Waals surface area contributed by atoms with Gasteiger partial charge in [-0.2, -0.15) is 0 Å². The van der Waals surface area contributed by atoms with E-state index in [0.29, 0.717) is 25.1 Å². The van der Waals surface area contributed by atoms with E-state index >= 15 is 0 Å². The van der Waals surface area contributed by atoms with Crippen molar-refractivity contribution in [3.8, 4) is 0 Å². The highest BCUT2D eigenvalue weighted by Crippen LogP contribution is 2.34. The maximum absolute atomic E-state index is 13.2. The standard InChI is InChI=1S/C19H20N2O3S/c1-13-4-8-18-15(11-13)3-2-10-21(18)25(23,24)16-6-7-17-14(12-16)5-9-19(22)20-17/h4,6-8,11-12H,2-3,5,9-10H2,1H3,(H,20,22). The average molecular weight is 356 g/mol. The summed E-state index contributed by atoms with van der Waals surface area (Å²) in [6, 6.07) is 10.9. The zero-order valence-corrected chi connectivity index (χ0v) is 14.9. The first-order chi connectivity index (χ1) is 11.9. The van der Waals surface area contributed by atoms with E-state index in [4.69, 9.17) is 0 Å². The highest BCUT2D eigenvalue weighted by Gasteiger charge is 2.30. The zero-order valence-electron chi connectivity index (χ0n) is 14.1. The predicted molar refractivity (Wildman–Crippen MR) is 97.4 cm³/mol. The summed E-state index contributed by atoms with van der Waals surface area (Å²) in [4.78, 5) is 11.8. The van der Waals surface area contributed by atoms with E-state index in [0.717, 1.165) is 35.2 Å². The molecule has 2 aromatic carbocycles. The van der Waals surface area contributed by atoms with Gasteiger partial charge < -0.3 is 5.32 Å². The van der Waals surface area contributed by atoms with E-state index in [-0.39, 0.29) is 10.8 Å². The van der Waals surface area contributed by atoms with Crippen LogP contribution in [0.15, 0.2) is 41.3 Å². The van der Waals surface area contributed by atoms with Crippen molar-refractivity contribution < 1.29 is 13.2 Å². The van der Waals surface area contributed by atoms with Crippen molar-refractivity contribution in [3.63, 3.8) is 0 Å². The third-order valence-corrected chi connectivity index (χ3v) is 6.68. The number of sulfonamides is 1. The Balaban J connectivity index is 1.75. The van der Waals surface area contributed by atoms with Crippen LogP contribution in [-0.4, -0.2) is 20.9 Å². The number of amides is 1. The molecule has 0 fully saturated rings. The minimum Gasteiger partial charge on any atom is -0.326 e. The van der Waals surface area contributed by atoms with E-state index in [9.17, 15) is 13.2 Å². The van der Waals surface area contributed by atoms with Crippen LogP contribution in [0, 0.1) is 6.92 Å². The van der Waals surface area contributed by atoms with Gasteiger partial charge in [-0.1, -0.05) is 17.7 Å². The largest absolute Gasteiger partial charge is 0.326 e. The third kappa shape index (κ3) is 2.80. The second-order valence-corrected chi connectivity index (χ2v) is 8.54. The Hall–Kier alpha value is -2.34. The summed E-state index contributed by atoms with van der Waals surface area (Å²) in [5.74, 6) is -0.0246. The first kappa shape index (κ1) is 16.1. The minimum absolute atomic E-state index is 0.0246. The summed E-state index contributed by atoms with van der Waals surface area (Å²) in [5.41, 5.74) is 4.59. The van der Waals surface area contributed by atoms with Crippen LogP contribution in [0.25, 0.3) is 0 Å². The molecule has 2 aliphatic heterocycles. The minimum atomic E-state index is -3.61. The van der Waals surface area contributed by atoms with Gasteiger partial charge in [0.2, 0.25) is 5.91 Å². The van der Waals surface area contributed by atoms with Crippen LogP contribution in [0.3, 0.4) is 0 Å². The molecule has 6 heteroatoms. The number of anilines is 2. The fraction of sp³-hybridized carbons (Fsp3) is 0.316. The first-order valence-electron chi connectivity index (χ1n) is 8.50. The number of nitrogens with zero attached hydrogens (tertiary/aromatic N) is 1. The van der Waals surface area contributed by atoms with Gasteiger partial charge in [0.1, 0.15) is 0 Å². The van der Waals surface area contributed by atoms with E-state index < -0.39 is 10.0 Å². The van der Waals surface area contributed by atoms with Crippen LogP contribution in [0.5, 0.6) is 0 Å². The quantitative estimate of drug-likeness (QED) is 0.899. The van der Waals surface area contributed by atoms with Crippen molar-refractivity contribution in [1.29, 1.82) is 0 Å². The smallest absolute Gasteiger partial charge is 0.264 e. The van der Waals surface area contributed by atoms with Gasteiger partial charge >= 0.3 is 0 Å². The van der Waals surface area contributed by atoms with Crippen molar-refractivity contribution in [2.45, 2.75) is 37.5 Å². The topological polar surface area (TPSA) is 66.5 Å². The van der Waals surface area contributed by atoms with Crippen molar-refractivity contribution in [3.05, 3.63) is 53.1 Å². The molecule has 0 aromatic heterocycles. The second kappa shape index (κ2) is 5.88. The summed E-state index contributed by atoms with van der Waals surface area (Å²) in [5, 5.41) is 2.79. The molecule has 0 radical (unpaired) electrons. The van der Waals surface area contributed by atoms with Crippen LogP contribution < -0.4 is 9.62 Å². The van der Waals surface area contributed by atoms with Gasteiger partial charge in [0, 0.05) is 18.7 Å². The van der Waals surface area contributed by atoms with Gasteiger partial charge in [-0.15, -0.1) is 0 Å². The van der Waals surface area contributed by atoms with Crippen molar-refractivity contribution in [1.82, 2.24) is 0 Å². The molecule has 0 spiro atoms. The number of rotatable bonds is 2. The van der Waals surface area contributed by atoms with Crippen LogP contribution in [-0.2, 0) is 27.7 Å². The Bertz CT molecular complexity index is 967. The Morgan fingerprint density at radius 2 is 1.84 bits per heavy atom. The molecule has 2 heterocycles. The van der Waals surface area contributed by atoms with E-state index in [2.05, 4.69) is 11.4 Å². The lowest BCUT2D eigenvalue weighted by Crippen LogP contribution is -2.35. The molecule has 5 nitrogen and oxygen atoms in total. The molecular formula is C19H20N2O3S. The number of hydrogen-bond donors (Lipinski definition) is 1. The molecule has 4 rings (SSSR count). The fourth-order valence-corrected chi connectivity index (χ4v) is 5.18. The second-order valence-electron chi connectivity index (χ2n) is 6.68. The SMILES string of the molecule is Cc1ccc2c(c1)CCCN2S(=O)(=O)c1ccc2c(c1)CCC(=O)N2. The Kier molecular flexibility index (Phi) is 3.80. The molecule has 2 aromatic rings. The summed E-state index contributed by atoms with van der Waals surface area (Å²) < 4.78 is 28.0. The van der Waals surface area contributed by atoms with Gasteiger partial charge in [-0.05, 0) is 61.6 Å². The predicted octanol–water partition coefficient (Wildman–Crippen LogP) is 3.02. The number of carbonyl (C=O) groups is 1. The molecule has 25 heavy (non-hydrogen) atoms. The highest BCUT2D eigenvalue weighted by atomic mass is 32.2. The van der Waals surface area contributed by atoms with Gasteiger partial charge in [-0.3, -0.25) is 9.10 Å². The normalized spacial score (nSPS) is 16.8. The maximum atomic E-state index is 13.2. The van der Waals surface area contributed by atoms with Gasteiger partial charge in [0.05, 0.1) is 10.6 Å². The van der Waals surface area contributed by atoms with Gasteiger partial charge in [0.15, 0.2) is 0 Å². The van der Waals surface area contributed by atoms with Crippen LogP contribution in [0.4, 0.5) is 11.4 Å². The summed E-state index contributed by atoms with van der Waals surface area (Å²) in [7, 11) is -3.61. The lowest BCUT2D eigenvalue weighted by atomic mass is 10.0. The van der Waals surface area contributed by atoms with Crippen molar-refractivity contribution in [2.75, 3.05) is 16.2 Å². The number of nitrogens with one attached hydrogen (secondary N) is 1. The number of benzene rings is 2. The van der Waals surface area contributed by atoms with E-state index in [1.807, 2.05) is 19.1 Å². The van der Waals surface area contributed by atoms with Crippen LogP contribution >= 0.6 is 0 Å². The Labute approximate surface area is 147 Å². The average Bonchev–Trinajstić information content (AvgIpc) is 2.60. The highest BCUT2D eigenvalue weighted by molar-refractivity contribution is 7.92. The van der Waals surface area contributed by atoms with E-state index in [1.165, 1.54) is 4.31 Å². The Morgan fingerprint density at radius 3 is 2.68 bits per heavy atom. The molecule has 0 atom stereocenters. The van der Waals surface area contributed by atoms with Gasteiger partial charge in [-0.25, -0.2) is 8.42 Å². The zero-order chi connectivity index (χ0) is 17.6. The number of carbonyl (C=O) groups excluding carboxylic acids is 1. The molecule has 2 aliphatic rings. The molecule has 1 amide bonds. The first-order valence-corrected chi connectivity index (χ1v) is 9.94. The fourth-order valence-electron chi connectivity index (χ4n) is 3.59. The molecule has 0 aliphatic carbocycles. The number of fused-ring (bicyclic) bond motifs is 2. The van der Waals surface area contributed by atoms with Crippen molar-refractivity contribution >= 4 is 27.3 Å². The lowest BCUT2D eigenvalue weighted by Gasteiger charge is -2.31. The number of hydrogen-bond acceptors (Lipinski definition) is 3. The molecule has 1 N–H and O–H groups in total. The van der Waals surface area contributed by atoms with E-state index in [1.54, 1.807) is 18.2 Å². The third-order valence-electron chi connectivity index (χ3n) is 4.87. The molecule has 0 bridgehead atoms. The monoisotopic (exact) mass is 356 g/mol. The molecule has 0 saturated carbocycles. The summed E-state index contributed by atoms with van der Waals surface area (Å²) >= 11 is 0. The van der Waals surface area contributed by atoms with Gasteiger partial charge in [0.25, 0.3) is 10.0 Å². The number of aryl methyl sites for hydroxylation is 3. The summed E-state index contributed by atoms with van der Waals surface area (Å²) in [6.45, 7) is 2.51. The van der Waals surface area contributed by atoms with Crippen molar-refractivity contribution in [2.24, 2.45) is 0 Å². The maximum Gasteiger partial charge on any atom is 0.264 e.